The summed E-state index contributed by atoms with van der Waals surface area (Å²) >= 11 is 0. The molecule has 179 valence electrons. The van der Waals surface area contributed by atoms with Crippen LogP contribution in [0.3, 0.4) is 0 Å². The first-order valence-electron chi connectivity index (χ1n) is 11.4. The summed E-state index contributed by atoms with van der Waals surface area (Å²) in [5.41, 5.74) is 5.49. The summed E-state index contributed by atoms with van der Waals surface area (Å²) in [7, 11) is 0. The van der Waals surface area contributed by atoms with Crippen LogP contribution in [0.15, 0.2) is 146 Å². The smallest absolute Gasteiger partial charge is 0.0886 e. The third-order valence-corrected chi connectivity index (χ3v) is 4.78. The van der Waals surface area contributed by atoms with Gasteiger partial charge in [-0.25, -0.2) is 0 Å². The van der Waals surface area contributed by atoms with Crippen LogP contribution in [0.25, 0.3) is 34.2 Å². The van der Waals surface area contributed by atoms with Crippen LogP contribution in [0.4, 0.5) is 0 Å². The van der Waals surface area contributed by atoms with E-state index in [2.05, 4.69) is 29.9 Å². The number of nitrogens with zero attached hydrogens (tertiary/aromatic N) is 6. The second-order valence-corrected chi connectivity index (χ2v) is 7.29. The predicted octanol–water partition coefficient (Wildman–Crippen LogP) is 6.43. The van der Waals surface area contributed by atoms with Crippen molar-refractivity contribution in [2.45, 2.75) is 0 Å². The average molecular weight is 520 g/mol. The Morgan fingerprint density at radius 1 is 0.243 bits per heavy atom. The van der Waals surface area contributed by atoms with E-state index in [0.29, 0.717) is 0 Å². The molecule has 6 nitrogen and oxygen atoms in total. The van der Waals surface area contributed by atoms with Crippen molar-refractivity contribution in [3.8, 4) is 34.2 Å². The largest absolute Gasteiger partial charge is 0.255 e. The van der Waals surface area contributed by atoms with Crippen molar-refractivity contribution in [2.24, 2.45) is 0 Å². The molecule has 6 aromatic heterocycles. The van der Waals surface area contributed by atoms with Gasteiger partial charge in [-0.3, -0.25) is 29.9 Å². The van der Waals surface area contributed by atoms with E-state index in [0.717, 1.165) is 34.2 Å². The predicted molar refractivity (Wildman–Crippen MR) is 142 cm³/mol. The van der Waals surface area contributed by atoms with Gasteiger partial charge in [-0.05, 0) is 72.8 Å². The Labute approximate surface area is 228 Å². The summed E-state index contributed by atoms with van der Waals surface area (Å²) in [6.45, 7) is 0. The first-order chi connectivity index (χ1) is 17.9. The first-order valence-corrected chi connectivity index (χ1v) is 11.4. The Kier molecular flexibility index (Phi) is 11.3. The third-order valence-electron chi connectivity index (χ3n) is 4.78. The number of pyridine rings is 6. The molecule has 0 atom stereocenters. The van der Waals surface area contributed by atoms with Gasteiger partial charge in [-0.2, -0.15) is 0 Å². The van der Waals surface area contributed by atoms with Gasteiger partial charge < -0.3 is 0 Å². The van der Waals surface area contributed by atoms with Crippen LogP contribution in [-0.2, 0) is 18.6 Å². The van der Waals surface area contributed by atoms with E-state index < -0.39 is 0 Å². The number of hydrogen-bond acceptors (Lipinski definition) is 6. The zero-order valence-corrected chi connectivity index (χ0v) is 21.4. The van der Waals surface area contributed by atoms with Crippen LogP contribution in [0.5, 0.6) is 0 Å². The normalized spacial score (nSPS) is 9.41. The van der Waals surface area contributed by atoms with E-state index in [-0.39, 0.29) is 18.6 Å². The summed E-state index contributed by atoms with van der Waals surface area (Å²) in [4.78, 5) is 25.1. The standard InChI is InChI=1S/3C10H8N2.V/c3*1-3-7-11-9(5-1)10-6-2-4-8-12-10;/h3*1-8H;. The summed E-state index contributed by atoms with van der Waals surface area (Å²) in [5.74, 6) is 0. The maximum Gasteiger partial charge on any atom is 0.0886 e. The molecular weight excluding hydrogens is 495 g/mol. The Morgan fingerprint density at radius 2 is 0.405 bits per heavy atom. The molecule has 0 bridgehead atoms. The Hall–Kier alpha value is -4.52. The SMILES string of the molecule is [V].c1ccc(-c2ccccn2)nc1.c1ccc(-c2ccccn2)nc1.c1ccc(-c2ccccn2)nc1. The van der Waals surface area contributed by atoms with E-state index in [1.165, 1.54) is 0 Å². The van der Waals surface area contributed by atoms with Gasteiger partial charge in [0.2, 0.25) is 0 Å². The van der Waals surface area contributed by atoms with Gasteiger partial charge in [0.05, 0.1) is 34.2 Å². The molecule has 0 aliphatic rings. The molecule has 0 saturated heterocycles. The van der Waals surface area contributed by atoms with Gasteiger partial charge >= 0.3 is 0 Å². The molecule has 0 saturated carbocycles. The zero-order valence-electron chi connectivity index (χ0n) is 20.0. The van der Waals surface area contributed by atoms with E-state index in [9.17, 15) is 0 Å². The van der Waals surface area contributed by atoms with Gasteiger partial charge in [0.1, 0.15) is 0 Å². The topological polar surface area (TPSA) is 77.3 Å². The molecule has 6 rings (SSSR count). The van der Waals surface area contributed by atoms with Crippen LogP contribution in [0.1, 0.15) is 0 Å². The van der Waals surface area contributed by atoms with Crippen LogP contribution in [-0.4, -0.2) is 29.9 Å². The molecule has 0 aliphatic carbocycles. The van der Waals surface area contributed by atoms with Crippen molar-refractivity contribution in [2.75, 3.05) is 0 Å². The molecule has 6 heterocycles. The molecule has 37 heavy (non-hydrogen) atoms. The van der Waals surface area contributed by atoms with Crippen molar-refractivity contribution in [1.82, 2.24) is 29.9 Å². The summed E-state index contributed by atoms with van der Waals surface area (Å²) in [6.07, 6.45) is 10.6. The molecule has 0 aromatic carbocycles. The molecule has 1 radical (unpaired) electrons. The molecule has 0 amide bonds. The number of rotatable bonds is 3. The van der Waals surface area contributed by atoms with Crippen molar-refractivity contribution < 1.29 is 18.6 Å². The average Bonchev–Trinajstić information content (AvgIpc) is 3.01. The van der Waals surface area contributed by atoms with Crippen molar-refractivity contribution in [1.29, 1.82) is 0 Å². The van der Waals surface area contributed by atoms with Crippen molar-refractivity contribution in [3.05, 3.63) is 146 Å². The quantitative estimate of drug-likeness (QED) is 0.268. The van der Waals surface area contributed by atoms with Gasteiger partial charge in [0.25, 0.3) is 0 Å². The third kappa shape index (κ3) is 8.89. The molecule has 7 heteroatoms. The fourth-order valence-electron chi connectivity index (χ4n) is 3.09. The Bertz CT molecular complexity index is 1100. The van der Waals surface area contributed by atoms with E-state index in [4.69, 9.17) is 0 Å². The fourth-order valence-corrected chi connectivity index (χ4v) is 3.09. The minimum atomic E-state index is 0. The van der Waals surface area contributed by atoms with E-state index >= 15 is 0 Å². The van der Waals surface area contributed by atoms with Crippen molar-refractivity contribution >= 4 is 0 Å². The maximum atomic E-state index is 4.19. The molecular formula is C30H24N6V. The Balaban J connectivity index is 0.000000152. The summed E-state index contributed by atoms with van der Waals surface area (Å²) in [5, 5.41) is 0. The zero-order chi connectivity index (χ0) is 24.7. The van der Waals surface area contributed by atoms with E-state index in [1.54, 1.807) is 37.2 Å². The van der Waals surface area contributed by atoms with Gasteiger partial charge in [0, 0.05) is 55.7 Å². The van der Waals surface area contributed by atoms with Crippen molar-refractivity contribution in [3.63, 3.8) is 0 Å². The maximum absolute atomic E-state index is 4.19. The van der Waals surface area contributed by atoms with Crippen LogP contribution in [0, 0.1) is 0 Å². The fraction of sp³-hybridized carbons (Fsp3) is 0. The molecule has 0 fully saturated rings. The molecule has 6 aromatic rings. The second kappa shape index (κ2) is 15.5. The monoisotopic (exact) mass is 519 g/mol. The Morgan fingerprint density at radius 3 is 0.514 bits per heavy atom. The van der Waals surface area contributed by atoms with Gasteiger partial charge in [-0.15, -0.1) is 0 Å². The molecule has 0 aliphatic heterocycles. The van der Waals surface area contributed by atoms with Crippen LogP contribution < -0.4 is 0 Å². The minimum Gasteiger partial charge on any atom is -0.255 e. The van der Waals surface area contributed by atoms with Crippen LogP contribution in [0.2, 0.25) is 0 Å². The molecule has 0 spiro atoms. The minimum absolute atomic E-state index is 0. The summed E-state index contributed by atoms with van der Waals surface area (Å²) in [6, 6.07) is 34.8. The molecule has 0 unspecified atom stereocenters. The van der Waals surface area contributed by atoms with Gasteiger partial charge in [-0.1, -0.05) is 36.4 Å². The second-order valence-electron chi connectivity index (χ2n) is 7.29. The first kappa shape index (κ1) is 27.1. The van der Waals surface area contributed by atoms with E-state index in [1.807, 2.05) is 109 Å². The number of hydrogen-bond donors (Lipinski definition) is 0. The van der Waals surface area contributed by atoms with Crippen LogP contribution >= 0.6 is 0 Å². The summed E-state index contributed by atoms with van der Waals surface area (Å²) < 4.78 is 0. The molecule has 0 N–H and O–H groups in total. The number of aromatic nitrogens is 6. The van der Waals surface area contributed by atoms with Gasteiger partial charge in [0.15, 0.2) is 0 Å².